The van der Waals surface area contributed by atoms with Gasteiger partial charge in [-0.3, -0.25) is 9.59 Å². The largest absolute Gasteiger partial charge is 0.482 e. The van der Waals surface area contributed by atoms with E-state index in [9.17, 15) is 22.8 Å². The molecule has 2 aromatic rings. The highest BCUT2D eigenvalue weighted by molar-refractivity contribution is 5.92. The fraction of sp³-hybridized carbons (Fsp3) is 0.294. The van der Waals surface area contributed by atoms with E-state index in [0.29, 0.717) is 6.42 Å². The van der Waals surface area contributed by atoms with Gasteiger partial charge in [-0.1, -0.05) is 12.1 Å². The number of nitrogens with one attached hydrogen (secondary N) is 2. The van der Waals surface area contributed by atoms with Crippen LogP contribution < -0.4 is 15.4 Å². The number of halogens is 3. The molecule has 1 aromatic carbocycles. The highest BCUT2D eigenvalue weighted by atomic mass is 19.4. The van der Waals surface area contributed by atoms with Crippen molar-refractivity contribution in [3.8, 4) is 5.75 Å². The Hall–Kier alpha value is -2.97. The molecule has 0 saturated heterocycles. The molecule has 26 heavy (non-hydrogen) atoms. The molecule has 2 N–H and O–H groups in total. The Morgan fingerprint density at radius 1 is 1.12 bits per heavy atom. The average molecular weight is 370 g/mol. The lowest BCUT2D eigenvalue weighted by atomic mass is 10.2. The van der Waals surface area contributed by atoms with Crippen molar-refractivity contribution in [1.29, 1.82) is 0 Å². The lowest BCUT2D eigenvalue weighted by Gasteiger charge is -2.13. The number of hydrogen-bond donors (Lipinski definition) is 2. The molecule has 1 heterocycles. The minimum Gasteiger partial charge on any atom is -0.482 e. The van der Waals surface area contributed by atoms with Crippen LogP contribution in [0, 0.1) is 0 Å². The molecular weight excluding hydrogens is 353 g/mol. The first-order valence-corrected chi connectivity index (χ1v) is 7.75. The number of amides is 2. The smallest absolute Gasteiger partial charge is 0.422 e. The molecule has 2 rings (SSSR count). The fourth-order valence-corrected chi connectivity index (χ4v) is 2.01. The van der Waals surface area contributed by atoms with Gasteiger partial charge in [-0.2, -0.15) is 13.2 Å². The van der Waals surface area contributed by atoms with Crippen molar-refractivity contribution in [2.75, 3.05) is 18.5 Å². The average Bonchev–Trinajstić information content (AvgIpc) is 3.12. The second kappa shape index (κ2) is 8.93. The second-order valence-electron chi connectivity index (χ2n) is 5.28. The number of carbonyl (C=O) groups is 2. The van der Waals surface area contributed by atoms with Gasteiger partial charge in [0.1, 0.15) is 5.75 Å². The molecule has 9 heteroatoms. The Kier molecular flexibility index (Phi) is 6.65. The Balaban J connectivity index is 1.76. The van der Waals surface area contributed by atoms with E-state index in [2.05, 4.69) is 10.6 Å². The number of alkyl halides is 3. The maximum absolute atomic E-state index is 12.3. The number of rotatable bonds is 8. The maximum atomic E-state index is 12.3. The lowest BCUT2D eigenvalue weighted by Crippen LogP contribution is -2.25. The molecule has 0 aliphatic heterocycles. The van der Waals surface area contributed by atoms with Crippen LogP contribution >= 0.6 is 0 Å². The predicted molar refractivity (Wildman–Crippen MR) is 86.9 cm³/mol. The number of anilines is 1. The molecule has 0 saturated carbocycles. The monoisotopic (exact) mass is 370 g/mol. The van der Waals surface area contributed by atoms with Crippen LogP contribution in [-0.4, -0.2) is 31.1 Å². The van der Waals surface area contributed by atoms with Gasteiger partial charge >= 0.3 is 6.18 Å². The van der Waals surface area contributed by atoms with Crippen molar-refractivity contribution in [2.24, 2.45) is 0 Å². The summed E-state index contributed by atoms with van der Waals surface area (Å²) in [5.74, 6) is -0.684. The summed E-state index contributed by atoms with van der Waals surface area (Å²) < 4.78 is 46.4. The van der Waals surface area contributed by atoms with Gasteiger partial charge in [0, 0.05) is 13.0 Å². The third-order valence-electron chi connectivity index (χ3n) is 3.16. The van der Waals surface area contributed by atoms with Crippen LogP contribution in [-0.2, 0) is 4.79 Å². The summed E-state index contributed by atoms with van der Waals surface area (Å²) in [6.07, 6.45) is -2.67. The molecule has 0 radical (unpaired) electrons. The Morgan fingerprint density at radius 3 is 2.58 bits per heavy atom. The van der Waals surface area contributed by atoms with E-state index >= 15 is 0 Å². The number of para-hydroxylation sites is 2. The molecule has 0 unspecified atom stereocenters. The summed E-state index contributed by atoms with van der Waals surface area (Å²) in [7, 11) is 0. The Morgan fingerprint density at radius 2 is 1.88 bits per heavy atom. The lowest BCUT2D eigenvalue weighted by molar-refractivity contribution is -0.153. The molecule has 2 amide bonds. The Bertz CT molecular complexity index is 730. The number of hydrogen-bond acceptors (Lipinski definition) is 4. The van der Waals surface area contributed by atoms with Crippen molar-refractivity contribution in [2.45, 2.75) is 19.0 Å². The van der Waals surface area contributed by atoms with Gasteiger partial charge in [0.05, 0.1) is 12.0 Å². The zero-order valence-corrected chi connectivity index (χ0v) is 13.6. The van der Waals surface area contributed by atoms with E-state index in [0.717, 1.165) is 0 Å². The number of carbonyl (C=O) groups excluding carboxylic acids is 2. The number of furan rings is 1. The van der Waals surface area contributed by atoms with E-state index in [1.54, 1.807) is 12.1 Å². The molecule has 140 valence electrons. The van der Waals surface area contributed by atoms with E-state index < -0.39 is 18.7 Å². The molecule has 1 aromatic heterocycles. The summed E-state index contributed by atoms with van der Waals surface area (Å²) in [6, 6.07) is 8.96. The number of benzene rings is 1. The zero-order valence-electron chi connectivity index (χ0n) is 13.6. The minimum atomic E-state index is -4.47. The van der Waals surface area contributed by atoms with E-state index in [1.807, 2.05) is 0 Å². The van der Waals surface area contributed by atoms with E-state index in [4.69, 9.17) is 9.15 Å². The maximum Gasteiger partial charge on any atom is 0.422 e. The first-order chi connectivity index (χ1) is 12.3. The quantitative estimate of drug-likeness (QED) is 0.698. The summed E-state index contributed by atoms with van der Waals surface area (Å²) in [4.78, 5) is 23.5. The van der Waals surface area contributed by atoms with E-state index in [1.165, 1.54) is 30.5 Å². The topological polar surface area (TPSA) is 80.6 Å². The summed E-state index contributed by atoms with van der Waals surface area (Å²) in [5.41, 5.74) is 0.154. The molecule has 0 spiro atoms. The molecule has 0 bridgehead atoms. The number of ether oxygens (including phenoxy) is 1. The minimum absolute atomic E-state index is 0.0655. The van der Waals surface area contributed by atoms with Crippen molar-refractivity contribution >= 4 is 17.5 Å². The van der Waals surface area contributed by atoms with Crippen molar-refractivity contribution < 1.29 is 31.9 Å². The fourth-order valence-electron chi connectivity index (χ4n) is 2.01. The Labute approximate surface area is 147 Å². The highest BCUT2D eigenvalue weighted by Crippen LogP contribution is 2.26. The van der Waals surface area contributed by atoms with Gasteiger partial charge in [0.2, 0.25) is 5.91 Å². The van der Waals surface area contributed by atoms with Crippen molar-refractivity contribution in [3.63, 3.8) is 0 Å². The van der Waals surface area contributed by atoms with Crippen LogP contribution in [0.2, 0.25) is 0 Å². The normalized spacial score (nSPS) is 11.0. The van der Waals surface area contributed by atoms with Crippen molar-refractivity contribution in [1.82, 2.24) is 5.32 Å². The standard InChI is InChI=1S/C17H17F3N2O4/c18-17(19,20)11-26-13-6-2-1-5-12(13)22-15(23)8-3-9-21-16(24)14-7-4-10-25-14/h1-2,4-7,10H,3,8-9,11H2,(H,21,24)(H,22,23). The van der Waals surface area contributed by atoms with Crippen molar-refractivity contribution in [3.05, 3.63) is 48.4 Å². The highest BCUT2D eigenvalue weighted by Gasteiger charge is 2.28. The van der Waals surface area contributed by atoms with Crippen LogP contribution in [0.25, 0.3) is 0 Å². The molecule has 0 aliphatic carbocycles. The van der Waals surface area contributed by atoms with Gasteiger partial charge in [0.25, 0.3) is 5.91 Å². The van der Waals surface area contributed by atoms with Crippen LogP contribution in [0.5, 0.6) is 5.75 Å². The van der Waals surface area contributed by atoms with Gasteiger partial charge in [-0.15, -0.1) is 0 Å². The third kappa shape index (κ3) is 6.50. The molecule has 6 nitrogen and oxygen atoms in total. The molecular formula is C17H17F3N2O4. The van der Waals surface area contributed by atoms with Crippen LogP contribution in [0.1, 0.15) is 23.4 Å². The zero-order chi connectivity index (χ0) is 19.0. The van der Waals surface area contributed by atoms with Crippen LogP contribution in [0.15, 0.2) is 47.1 Å². The molecule has 0 atom stereocenters. The van der Waals surface area contributed by atoms with Crippen LogP contribution in [0.3, 0.4) is 0 Å². The molecule has 0 fully saturated rings. The van der Waals surface area contributed by atoms with Gasteiger partial charge < -0.3 is 19.8 Å². The summed E-state index contributed by atoms with van der Waals surface area (Å²) >= 11 is 0. The summed E-state index contributed by atoms with van der Waals surface area (Å²) in [5, 5.41) is 5.09. The van der Waals surface area contributed by atoms with E-state index in [-0.39, 0.29) is 36.1 Å². The SMILES string of the molecule is O=C(CCCNC(=O)c1ccco1)Nc1ccccc1OCC(F)(F)F. The van der Waals surface area contributed by atoms with Crippen LogP contribution in [0.4, 0.5) is 18.9 Å². The first-order valence-electron chi connectivity index (χ1n) is 7.75. The third-order valence-corrected chi connectivity index (χ3v) is 3.16. The van der Waals surface area contributed by atoms with Gasteiger partial charge in [0.15, 0.2) is 12.4 Å². The summed E-state index contributed by atoms with van der Waals surface area (Å²) in [6.45, 7) is -1.20. The first kappa shape index (κ1) is 19.4. The predicted octanol–water partition coefficient (Wildman–Crippen LogP) is 3.37. The van der Waals surface area contributed by atoms with Gasteiger partial charge in [-0.05, 0) is 30.7 Å². The van der Waals surface area contributed by atoms with Gasteiger partial charge in [-0.25, -0.2) is 0 Å². The molecule has 0 aliphatic rings. The second-order valence-corrected chi connectivity index (χ2v) is 5.28.